The Morgan fingerprint density at radius 1 is 0.493 bits per heavy atom. The Balaban J connectivity index is 0.0000000960. The van der Waals surface area contributed by atoms with E-state index in [1.165, 1.54) is 160 Å². The Morgan fingerprint density at radius 2 is 1.13 bits per heavy atom. The van der Waals surface area contributed by atoms with Gasteiger partial charge in [0.25, 0.3) is 17.3 Å². The minimum atomic E-state index is -0.411. The topological polar surface area (TPSA) is 71.3 Å². The number of pyridine rings is 4. The first-order chi connectivity index (χ1) is 69.0. The zero-order valence-corrected chi connectivity index (χ0v) is 76.2. The van der Waals surface area contributed by atoms with Crippen LogP contribution in [0.3, 0.4) is 0 Å². The zero-order valence-electron chi connectivity index (χ0n) is 81.9. The third-order valence-electron chi connectivity index (χ3n) is 25.9. The molecule has 12 nitrogen and oxygen atoms in total. The molecule has 645 valence electrons. The maximum atomic E-state index is 7.98. The van der Waals surface area contributed by atoms with E-state index in [-0.39, 0.29) is 74.3 Å². The number of nitrogens with zero attached hydrogens (tertiary/aromatic N) is 11. The predicted molar refractivity (Wildman–Crippen MR) is 535 cm³/mol. The van der Waals surface area contributed by atoms with Crippen molar-refractivity contribution < 1.29 is 54.1 Å². The summed E-state index contributed by atoms with van der Waals surface area (Å²) in [7, 11) is 0. The number of allylic oxidation sites excluding steroid dienone is 4. The van der Waals surface area contributed by atoms with Crippen molar-refractivity contribution in [3.05, 3.63) is 518 Å². The Kier molecular flexibility index (Phi) is 19.9. The van der Waals surface area contributed by atoms with Gasteiger partial charge in [0.1, 0.15) is 62.7 Å². The van der Waals surface area contributed by atoms with Crippen molar-refractivity contribution in [2.75, 3.05) is 4.90 Å². The molecule has 15 heterocycles. The molecule has 0 aliphatic carbocycles. The number of fused-ring (bicyclic) bond motifs is 22. The molecular weight excluding hydrogens is 1820 g/mol. The van der Waals surface area contributed by atoms with Gasteiger partial charge in [-0.1, -0.05) is 272 Å². The van der Waals surface area contributed by atoms with Gasteiger partial charge in [-0.05, 0) is 145 Å². The van der Waals surface area contributed by atoms with Crippen molar-refractivity contribution in [3.8, 4) is 73.7 Å². The van der Waals surface area contributed by atoms with E-state index in [0.717, 1.165) is 59.9 Å². The van der Waals surface area contributed by atoms with Crippen molar-refractivity contribution in [2.45, 2.75) is 59.5 Å². The van der Waals surface area contributed by atoms with Crippen LogP contribution in [0.4, 0.5) is 5.69 Å². The number of hydrogen-bond acceptors (Lipinski definition) is 5. The van der Waals surface area contributed by atoms with Gasteiger partial charge in [-0.25, -0.2) is 13.7 Å². The Morgan fingerprint density at radius 3 is 1.93 bits per heavy atom. The molecule has 29 rings (SSSR count). The molecule has 0 fully saturated rings. The number of aryl methyl sites for hydroxylation is 3. The van der Waals surface area contributed by atoms with Gasteiger partial charge in [0.05, 0.1) is 48.9 Å². The number of ether oxygens (including phenoxy) is 1. The van der Waals surface area contributed by atoms with Gasteiger partial charge in [-0.3, -0.25) is 4.98 Å². The van der Waals surface area contributed by atoms with E-state index in [1.807, 2.05) is 84.9 Å². The second kappa shape index (κ2) is 35.9. The SMILES string of the molecule is C1=CC2=CN3c4ccccc4CC3N2C=C1.C=C1Oc2ccccc2[C-]=C1c1ccccn1.Cc1ccc2c(c1)c1cccc3c1c1n2c(-c2c(C)cccc2C)c[n+]1C3.[2H]c1c([2H])c([2H])c2c(c1[2H])C[n+]1c([2H])c([2H])c([2H])c([2H])c1-2.[Ir].[c-]1ccccc1-c1ccccn1.c1ccc2c(c1)C[n+]1c-2n(-c2cccc3ccccc23)c2ccccc21.c1ccc2c(c1)C[n+]1ccn(-c3cccc4ccccc34)c1-2. The molecule has 134 heavy (non-hydrogen) atoms. The molecule has 0 N–H and O–H groups in total. The average Bonchev–Trinajstić information content (AvgIpc) is 1.51. The summed E-state index contributed by atoms with van der Waals surface area (Å²) < 4.78 is 83.9. The van der Waals surface area contributed by atoms with Gasteiger partial charge < -0.3 is 19.5 Å². The summed E-state index contributed by atoms with van der Waals surface area (Å²) in [6.45, 7) is 13.4. The third kappa shape index (κ3) is 15.3. The largest absolute Gasteiger partial charge is 0.527 e. The predicted octanol–water partition coefficient (Wildman–Crippen LogP) is 24.9. The van der Waals surface area contributed by atoms with E-state index in [0.29, 0.717) is 17.5 Å². The van der Waals surface area contributed by atoms with Gasteiger partial charge in [0.15, 0.2) is 29.4 Å². The minimum Gasteiger partial charge on any atom is -0.527 e. The van der Waals surface area contributed by atoms with Crippen LogP contribution in [0.1, 0.15) is 66.7 Å². The molecule has 8 aliphatic rings. The molecule has 0 amide bonds. The summed E-state index contributed by atoms with van der Waals surface area (Å²) in [5.74, 6) is 3.92. The summed E-state index contributed by atoms with van der Waals surface area (Å²) in [6.07, 6.45) is 25.6. The molecule has 8 aliphatic heterocycles. The average molecular weight is 1920 g/mol. The van der Waals surface area contributed by atoms with E-state index in [2.05, 4.69) is 372 Å². The molecule has 1 unspecified atom stereocenters. The minimum absolute atomic E-state index is 0. The van der Waals surface area contributed by atoms with Crippen molar-refractivity contribution in [2.24, 2.45) is 0 Å². The second-order valence-electron chi connectivity index (χ2n) is 34.0. The van der Waals surface area contributed by atoms with E-state index in [9.17, 15) is 0 Å². The van der Waals surface area contributed by atoms with Crippen molar-refractivity contribution >= 4 is 71.2 Å². The first kappa shape index (κ1) is 74.5. The number of anilines is 1. The molecule has 21 aromatic rings. The van der Waals surface area contributed by atoms with Crippen LogP contribution in [0.2, 0.25) is 0 Å². The molecule has 0 bridgehead atoms. The van der Waals surface area contributed by atoms with Gasteiger partial charge in [0, 0.05) is 124 Å². The second-order valence-corrected chi connectivity index (χ2v) is 34.0. The molecule has 13 heteroatoms. The fraction of sp³-hybridized carbons (Fsp3) is 0.0744. The Bertz CT molecular complexity index is 8700. The quantitative estimate of drug-likeness (QED) is 0.0975. The molecule has 0 spiro atoms. The number of hydrogen-bond donors (Lipinski definition) is 0. The smallest absolute Gasteiger partial charge is 0.295 e. The standard InChI is InChI=1S/C25H21N2.C24H17N2.C20H15N2.C15H10NO.C14H12N2.C12H10N.C11H8N.Ir/c1-15-10-11-21-20(12-15)19-9-5-8-18-13-26-14-22(27(21)25(26)24(18)19)23-16(2)6-4-7-17(23)3;1-3-11-19-17(8-1)10-7-15-21(19)26-23-14-6-5-13-22(23)25-16-18-9-2-4-12-20(18)24(25)26;1-3-9-17-15(6-1)8-5-11-19(17)22-13-12-21-14-16-7-2-4-10-18(16)20(21)22;1-11-13(14-7-4-5-9-16-14)10-12-6-2-3-8-15(12)17-11;1-2-7-13-11(5-1)9-14-15-8-4-3-6-12(15)10-16(13)14;1-2-6-11-10(5-1)9-13-8-4-3-7-12(11)13;1-2-6-10(7-3-1)11-8-4-5-9-12-11;/h4-12,14H,13H2,1-3H3;1-15H,16H2;1-13H,14H2;2-9H,1H2;1-8,10,14H,9H2;1-8H,9H2;1-6,8-9H;/q3*+1;-1;;+1;-1;/i;;;;;1D,2D,3D,4D,5D,6D,7D,8D;;. The molecule has 1 atom stereocenters. The molecule has 0 saturated carbocycles. The van der Waals surface area contributed by atoms with Crippen LogP contribution in [-0.4, -0.2) is 34.6 Å². The van der Waals surface area contributed by atoms with Gasteiger partial charge in [-0.15, -0.1) is 48.0 Å². The fourth-order valence-electron chi connectivity index (χ4n) is 19.9. The summed E-state index contributed by atoms with van der Waals surface area (Å²) >= 11 is 0. The third-order valence-corrected chi connectivity index (χ3v) is 25.9. The number of imidazole rings is 3. The Hall–Kier alpha value is -16.3. The Labute approximate surface area is 804 Å². The number of para-hydroxylation sites is 4. The summed E-state index contributed by atoms with van der Waals surface area (Å²) in [5.41, 5.74) is 30.4. The van der Waals surface area contributed by atoms with Crippen molar-refractivity contribution in [1.29, 1.82) is 0 Å². The van der Waals surface area contributed by atoms with Gasteiger partial charge in [0.2, 0.25) is 5.69 Å². The monoisotopic (exact) mass is 1920 g/mol. The van der Waals surface area contributed by atoms with Crippen LogP contribution < -0.4 is 27.9 Å². The molecule has 1 radical (unpaired) electrons. The first-order valence-corrected chi connectivity index (χ1v) is 44.9. The van der Waals surface area contributed by atoms with Gasteiger partial charge >= 0.3 is 0 Å². The fourth-order valence-corrected chi connectivity index (χ4v) is 19.9. The number of aromatic nitrogens is 9. The summed E-state index contributed by atoms with van der Waals surface area (Å²) in [5, 5.41) is 9.24. The zero-order chi connectivity index (χ0) is 96.0. The molecule has 7 aromatic heterocycles. The van der Waals surface area contributed by atoms with Crippen LogP contribution in [-0.2, 0) is 52.7 Å². The van der Waals surface area contributed by atoms with Gasteiger partial charge in [-0.2, -0.15) is 18.1 Å². The summed E-state index contributed by atoms with van der Waals surface area (Å²) in [4.78, 5) is 13.2. The van der Waals surface area contributed by atoms with Crippen LogP contribution in [0.25, 0.3) is 133 Å². The van der Waals surface area contributed by atoms with Crippen LogP contribution in [0, 0.1) is 32.9 Å². The first-order valence-electron chi connectivity index (χ1n) is 48.9. The van der Waals surface area contributed by atoms with E-state index < -0.39 is 12.1 Å². The van der Waals surface area contributed by atoms with E-state index in [1.54, 1.807) is 12.4 Å². The summed E-state index contributed by atoms with van der Waals surface area (Å²) in [6, 6.07) is 113. The maximum Gasteiger partial charge on any atom is 0.295 e. The van der Waals surface area contributed by atoms with Crippen LogP contribution in [0.15, 0.2) is 450 Å². The van der Waals surface area contributed by atoms with Crippen molar-refractivity contribution in [3.63, 3.8) is 0 Å². The maximum absolute atomic E-state index is 7.98. The van der Waals surface area contributed by atoms with E-state index in [4.69, 9.17) is 15.7 Å². The van der Waals surface area contributed by atoms with Crippen molar-refractivity contribution in [1.82, 2.24) is 28.4 Å². The number of benzene rings is 14. The van der Waals surface area contributed by atoms with Crippen LogP contribution in [0.5, 0.6) is 5.75 Å². The normalized spacial score (nSPS) is 14.6. The van der Waals surface area contributed by atoms with E-state index >= 15 is 0 Å². The molecule has 14 aromatic carbocycles. The molecule has 0 saturated heterocycles. The van der Waals surface area contributed by atoms with Crippen LogP contribution >= 0.6 is 0 Å². The number of rotatable bonds is 5. The molecular formula is C121H93IrN11O+2.